The van der Waals surface area contributed by atoms with Crippen molar-refractivity contribution in [2.24, 2.45) is 4.99 Å². The Morgan fingerprint density at radius 1 is 1.53 bits per heavy atom. The lowest BCUT2D eigenvalue weighted by atomic mass is 10.2. The zero-order valence-electron chi connectivity index (χ0n) is 11.0. The van der Waals surface area contributed by atoms with Gasteiger partial charge in [-0.15, -0.1) is 0 Å². The third-order valence-corrected chi connectivity index (χ3v) is 3.53. The monoisotopic (exact) mass is 278 g/mol. The number of nitrogens with one attached hydrogen (secondary N) is 1. The fourth-order valence-corrected chi connectivity index (χ4v) is 2.46. The molecule has 0 saturated heterocycles. The molecule has 0 atom stereocenters. The zero-order chi connectivity index (χ0) is 13.5. The van der Waals surface area contributed by atoms with E-state index in [-0.39, 0.29) is 5.91 Å². The summed E-state index contributed by atoms with van der Waals surface area (Å²) in [4.78, 5) is 15.8. The number of aryl methyl sites for hydroxylation is 1. The number of amides is 1. The second-order valence-corrected chi connectivity index (χ2v) is 5.44. The minimum atomic E-state index is 0.0148. The minimum absolute atomic E-state index is 0.0148. The molecule has 0 aromatic heterocycles. The number of rotatable bonds is 5. The van der Waals surface area contributed by atoms with Crippen LogP contribution in [0.3, 0.4) is 0 Å². The number of amidine groups is 1. The van der Waals surface area contributed by atoms with Gasteiger partial charge in [0, 0.05) is 12.2 Å². The molecule has 0 bridgehead atoms. The quantitative estimate of drug-likeness (QED) is 0.841. The summed E-state index contributed by atoms with van der Waals surface area (Å²) in [5.41, 5.74) is 1.17. The highest BCUT2D eigenvalue weighted by atomic mass is 32.2. The van der Waals surface area contributed by atoms with Gasteiger partial charge in [-0.1, -0.05) is 23.9 Å². The molecule has 2 rings (SSSR count). The molecule has 4 nitrogen and oxygen atoms in total. The van der Waals surface area contributed by atoms with Crippen LogP contribution in [0.5, 0.6) is 5.75 Å². The van der Waals surface area contributed by atoms with Gasteiger partial charge in [0.1, 0.15) is 5.75 Å². The normalized spacial score (nSPS) is 14.1. The Hall–Kier alpha value is -1.49. The van der Waals surface area contributed by atoms with Crippen molar-refractivity contribution < 1.29 is 9.53 Å². The largest absolute Gasteiger partial charge is 0.494 e. The van der Waals surface area contributed by atoms with E-state index in [1.54, 1.807) is 11.8 Å². The second-order valence-electron chi connectivity index (χ2n) is 4.35. The van der Waals surface area contributed by atoms with E-state index in [9.17, 15) is 4.79 Å². The summed E-state index contributed by atoms with van der Waals surface area (Å²) < 4.78 is 5.59. The van der Waals surface area contributed by atoms with Crippen molar-refractivity contribution in [2.45, 2.75) is 19.8 Å². The standard InChI is InChI=1S/C14H18N2O2S/c1-11-4-2-5-12(10-11)18-8-3-6-13(17)16-14-15-7-9-19-14/h2,4-5,10H,3,6-9H2,1H3,(H,15,16,17). The average Bonchev–Trinajstić information content (AvgIpc) is 2.87. The minimum Gasteiger partial charge on any atom is -0.494 e. The van der Waals surface area contributed by atoms with Crippen molar-refractivity contribution in [1.29, 1.82) is 0 Å². The smallest absolute Gasteiger partial charge is 0.226 e. The van der Waals surface area contributed by atoms with E-state index in [0.717, 1.165) is 23.2 Å². The molecule has 1 heterocycles. The van der Waals surface area contributed by atoms with Crippen LogP contribution in [0.2, 0.25) is 0 Å². The first-order valence-electron chi connectivity index (χ1n) is 6.40. The summed E-state index contributed by atoms with van der Waals surface area (Å²) in [5.74, 6) is 1.84. The number of ether oxygens (including phenoxy) is 1. The number of thioether (sulfide) groups is 1. The predicted molar refractivity (Wildman–Crippen MR) is 78.8 cm³/mol. The van der Waals surface area contributed by atoms with Crippen LogP contribution in [0.25, 0.3) is 0 Å². The third-order valence-electron chi connectivity index (χ3n) is 2.64. The Kier molecular flexibility index (Phi) is 5.27. The van der Waals surface area contributed by atoms with Crippen molar-refractivity contribution >= 4 is 22.8 Å². The van der Waals surface area contributed by atoms with Gasteiger partial charge in [0.05, 0.1) is 13.2 Å². The fourth-order valence-electron chi connectivity index (χ4n) is 1.72. The summed E-state index contributed by atoms with van der Waals surface area (Å²) in [6.07, 6.45) is 1.17. The Morgan fingerprint density at radius 2 is 2.42 bits per heavy atom. The van der Waals surface area contributed by atoms with Gasteiger partial charge in [0.15, 0.2) is 5.17 Å². The molecule has 0 saturated carbocycles. The topological polar surface area (TPSA) is 50.7 Å². The lowest BCUT2D eigenvalue weighted by Crippen LogP contribution is -2.27. The molecule has 0 fully saturated rings. The Labute approximate surface area is 117 Å². The maximum absolute atomic E-state index is 11.6. The van der Waals surface area contributed by atoms with Crippen LogP contribution >= 0.6 is 11.8 Å². The first-order chi connectivity index (χ1) is 9.24. The van der Waals surface area contributed by atoms with Gasteiger partial charge >= 0.3 is 0 Å². The van der Waals surface area contributed by atoms with Crippen molar-refractivity contribution in [2.75, 3.05) is 18.9 Å². The fraction of sp³-hybridized carbons (Fsp3) is 0.429. The van der Waals surface area contributed by atoms with Crippen molar-refractivity contribution in [3.05, 3.63) is 29.8 Å². The molecular formula is C14H18N2O2S. The van der Waals surface area contributed by atoms with Crippen LogP contribution < -0.4 is 10.1 Å². The predicted octanol–water partition coefficient (Wildman–Crippen LogP) is 2.37. The van der Waals surface area contributed by atoms with Crippen LogP contribution in [-0.2, 0) is 4.79 Å². The first kappa shape index (κ1) is 13.9. The summed E-state index contributed by atoms with van der Waals surface area (Å²) >= 11 is 1.60. The highest BCUT2D eigenvalue weighted by Gasteiger charge is 2.10. The van der Waals surface area contributed by atoms with Gasteiger partial charge in [0.2, 0.25) is 5.91 Å². The van der Waals surface area contributed by atoms with Crippen LogP contribution in [0.4, 0.5) is 0 Å². The van der Waals surface area contributed by atoms with Crippen molar-refractivity contribution in [3.8, 4) is 5.75 Å². The molecule has 1 amide bonds. The zero-order valence-corrected chi connectivity index (χ0v) is 11.8. The van der Waals surface area contributed by atoms with Crippen LogP contribution in [0.1, 0.15) is 18.4 Å². The van der Waals surface area contributed by atoms with E-state index in [4.69, 9.17) is 4.74 Å². The van der Waals surface area contributed by atoms with E-state index in [2.05, 4.69) is 10.3 Å². The van der Waals surface area contributed by atoms with E-state index in [1.165, 1.54) is 5.56 Å². The van der Waals surface area contributed by atoms with E-state index in [1.807, 2.05) is 31.2 Å². The van der Waals surface area contributed by atoms with Crippen molar-refractivity contribution in [1.82, 2.24) is 5.32 Å². The summed E-state index contributed by atoms with van der Waals surface area (Å²) in [6, 6.07) is 7.91. The molecule has 0 unspecified atom stereocenters. The number of benzene rings is 1. The van der Waals surface area contributed by atoms with Gasteiger partial charge in [-0.2, -0.15) is 0 Å². The molecule has 1 aromatic carbocycles. The van der Waals surface area contributed by atoms with E-state index in [0.29, 0.717) is 19.4 Å². The van der Waals surface area contributed by atoms with E-state index >= 15 is 0 Å². The Morgan fingerprint density at radius 3 is 3.16 bits per heavy atom. The highest BCUT2D eigenvalue weighted by molar-refractivity contribution is 8.14. The van der Waals surface area contributed by atoms with Crippen molar-refractivity contribution in [3.63, 3.8) is 0 Å². The number of hydrogen-bond donors (Lipinski definition) is 1. The number of hydrogen-bond acceptors (Lipinski definition) is 4. The Balaban J connectivity index is 1.62. The third kappa shape index (κ3) is 4.95. The number of aliphatic imine (C=N–C) groups is 1. The number of nitrogens with zero attached hydrogens (tertiary/aromatic N) is 1. The van der Waals surface area contributed by atoms with Crippen LogP contribution in [-0.4, -0.2) is 30.0 Å². The van der Waals surface area contributed by atoms with Gasteiger partial charge in [0.25, 0.3) is 0 Å². The lowest BCUT2D eigenvalue weighted by Gasteiger charge is -2.07. The van der Waals surface area contributed by atoms with Gasteiger partial charge in [-0.05, 0) is 31.0 Å². The van der Waals surface area contributed by atoms with Crippen LogP contribution in [0.15, 0.2) is 29.3 Å². The Bertz CT molecular complexity index is 474. The average molecular weight is 278 g/mol. The molecule has 0 radical (unpaired) electrons. The lowest BCUT2D eigenvalue weighted by molar-refractivity contribution is -0.119. The van der Waals surface area contributed by atoms with Gasteiger partial charge < -0.3 is 10.1 Å². The molecule has 5 heteroatoms. The molecule has 19 heavy (non-hydrogen) atoms. The van der Waals surface area contributed by atoms with E-state index < -0.39 is 0 Å². The molecule has 1 aromatic rings. The first-order valence-corrected chi connectivity index (χ1v) is 7.39. The summed E-state index contributed by atoms with van der Waals surface area (Å²) in [7, 11) is 0. The van der Waals surface area contributed by atoms with Gasteiger partial charge in [-0.25, -0.2) is 0 Å². The summed E-state index contributed by atoms with van der Waals surface area (Å²) in [5, 5.41) is 3.56. The SMILES string of the molecule is Cc1cccc(OCCCC(=O)NC2=NCCS2)c1. The maximum Gasteiger partial charge on any atom is 0.226 e. The second kappa shape index (κ2) is 7.19. The molecule has 102 valence electrons. The molecule has 0 spiro atoms. The molecule has 1 aliphatic rings. The molecule has 1 aliphatic heterocycles. The summed E-state index contributed by atoms with van der Waals surface area (Å²) in [6.45, 7) is 3.38. The van der Waals surface area contributed by atoms with Gasteiger partial charge in [-0.3, -0.25) is 9.79 Å². The molecular weight excluding hydrogens is 260 g/mol. The van der Waals surface area contributed by atoms with Crippen LogP contribution in [0, 0.1) is 6.92 Å². The number of carbonyl (C=O) groups excluding carboxylic acids is 1. The molecule has 1 N–H and O–H groups in total. The molecule has 0 aliphatic carbocycles. The number of carbonyl (C=O) groups is 1. The highest BCUT2D eigenvalue weighted by Crippen LogP contribution is 2.13. The maximum atomic E-state index is 11.6.